The molecule has 2 aliphatic carbocycles. The summed E-state index contributed by atoms with van der Waals surface area (Å²) in [6.07, 6.45) is 5.88. The van der Waals surface area contributed by atoms with Crippen LogP contribution in [0.5, 0.6) is 0 Å². The Kier molecular flexibility index (Phi) is 5.69. The number of rotatable bonds is 3. The predicted molar refractivity (Wildman–Crippen MR) is 112 cm³/mol. The number of hydrogen-bond acceptors (Lipinski definition) is 5. The molecule has 1 aromatic heterocycles. The SMILES string of the molecule is CO[C@H]1[C@H](NC(=O)c2onc3c2CCCC3)c2ccccc2C12CCNCC2.Cl. The number of halogens is 1. The van der Waals surface area contributed by atoms with E-state index in [4.69, 9.17) is 9.26 Å². The summed E-state index contributed by atoms with van der Waals surface area (Å²) in [6.45, 7) is 1.93. The molecular formula is C22H28ClN3O3. The maximum Gasteiger partial charge on any atom is 0.290 e. The smallest absolute Gasteiger partial charge is 0.290 e. The van der Waals surface area contributed by atoms with Gasteiger partial charge < -0.3 is 19.9 Å². The number of nitrogens with zero attached hydrogens (tertiary/aromatic N) is 1. The van der Waals surface area contributed by atoms with Crippen LogP contribution in [0.4, 0.5) is 0 Å². The fourth-order valence-corrected chi connectivity index (χ4v) is 5.57. The first-order valence-corrected chi connectivity index (χ1v) is 10.4. The number of ether oxygens (including phenoxy) is 1. The van der Waals surface area contributed by atoms with Gasteiger partial charge in [-0.3, -0.25) is 4.79 Å². The Morgan fingerprint density at radius 3 is 2.79 bits per heavy atom. The Morgan fingerprint density at radius 2 is 2.00 bits per heavy atom. The number of carbonyl (C=O) groups excluding carboxylic acids is 1. The highest BCUT2D eigenvalue weighted by molar-refractivity contribution is 5.93. The Hall–Kier alpha value is -1.89. The van der Waals surface area contributed by atoms with Crippen molar-refractivity contribution in [3.63, 3.8) is 0 Å². The van der Waals surface area contributed by atoms with Crippen molar-refractivity contribution in [2.75, 3.05) is 20.2 Å². The summed E-state index contributed by atoms with van der Waals surface area (Å²) in [5.41, 5.74) is 4.35. The molecule has 29 heavy (non-hydrogen) atoms. The number of hydrogen-bond donors (Lipinski definition) is 2. The molecule has 1 saturated heterocycles. The average Bonchev–Trinajstić information content (AvgIpc) is 3.27. The van der Waals surface area contributed by atoms with Gasteiger partial charge in [-0.25, -0.2) is 0 Å². The average molecular weight is 418 g/mol. The van der Waals surface area contributed by atoms with Gasteiger partial charge in [0.25, 0.3) is 5.91 Å². The number of carbonyl (C=O) groups is 1. The molecule has 2 N–H and O–H groups in total. The molecule has 1 fully saturated rings. The van der Waals surface area contributed by atoms with Crippen LogP contribution in [-0.2, 0) is 23.0 Å². The third-order valence-corrected chi connectivity index (χ3v) is 6.88. The lowest BCUT2D eigenvalue weighted by Gasteiger charge is -2.40. The summed E-state index contributed by atoms with van der Waals surface area (Å²) in [5, 5.41) is 10.8. The van der Waals surface area contributed by atoms with E-state index in [1.165, 1.54) is 5.56 Å². The van der Waals surface area contributed by atoms with E-state index >= 15 is 0 Å². The van der Waals surface area contributed by atoms with E-state index in [9.17, 15) is 4.79 Å². The quantitative estimate of drug-likeness (QED) is 0.802. The molecule has 0 bridgehead atoms. The third kappa shape index (κ3) is 3.18. The second-order valence-electron chi connectivity index (χ2n) is 8.24. The highest BCUT2D eigenvalue weighted by Crippen LogP contribution is 2.51. The lowest BCUT2D eigenvalue weighted by molar-refractivity contribution is 0.00363. The fourth-order valence-electron chi connectivity index (χ4n) is 5.57. The Bertz CT molecular complexity index is 891. The summed E-state index contributed by atoms with van der Waals surface area (Å²) in [4.78, 5) is 13.2. The number of aryl methyl sites for hydroxylation is 1. The van der Waals surface area contributed by atoms with Crippen molar-refractivity contribution in [2.45, 2.75) is 56.1 Å². The van der Waals surface area contributed by atoms with Gasteiger partial charge >= 0.3 is 0 Å². The number of methoxy groups -OCH3 is 1. The molecule has 5 rings (SSSR count). The molecule has 0 radical (unpaired) electrons. The van der Waals surface area contributed by atoms with Gasteiger partial charge in [-0.15, -0.1) is 12.4 Å². The van der Waals surface area contributed by atoms with Gasteiger partial charge in [0.15, 0.2) is 0 Å². The highest BCUT2D eigenvalue weighted by Gasteiger charge is 2.53. The zero-order chi connectivity index (χ0) is 19.1. The second kappa shape index (κ2) is 8.09. The lowest BCUT2D eigenvalue weighted by Crippen LogP contribution is -2.49. The summed E-state index contributed by atoms with van der Waals surface area (Å²) in [5.74, 6) is 0.205. The van der Waals surface area contributed by atoms with Gasteiger partial charge in [0.05, 0.1) is 17.8 Å². The molecular weight excluding hydrogens is 390 g/mol. The first-order valence-electron chi connectivity index (χ1n) is 10.4. The fraction of sp³-hybridized carbons (Fsp3) is 0.545. The van der Waals surface area contributed by atoms with Crippen LogP contribution in [0.15, 0.2) is 28.8 Å². The van der Waals surface area contributed by atoms with E-state index in [2.05, 4.69) is 34.0 Å². The van der Waals surface area contributed by atoms with E-state index in [1.807, 2.05) is 6.07 Å². The van der Waals surface area contributed by atoms with Gasteiger partial charge in [-0.2, -0.15) is 0 Å². The van der Waals surface area contributed by atoms with E-state index in [0.717, 1.165) is 68.4 Å². The summed E-state index contributed by atoms with van der Waals surface area (Å²) < 4.78 is 11.5. The minimum atomic E-state index is -0.184. The molecule has 1 spiro atoms. The first kappa shape index (κ1) is 20.4. The van der Waals surface area contributed by atoms with Crippen molar-refractivity contribution in [1.29, 1.82) is 0 Å². The zero-order valence-corrected chi connectivity index (χ0v) is 17.5. The van der Waals surface area contributed by atoms with Crippen LogP contribution >= 0.6 is 12.4 Å². The molecule has 0 saturated carbocycles. The number of benzene rings is 1. The van der Waals surface area contributed by atoms with E-state index in [0.29, 0.717) is 5.76 Å². The van der Waals surface area contributed by atoms with Crippen LogP contribution < -0.4 is 10.6 Å². The van der Waals surface area contributed by atoms with Crippen molar-refractivity contribution in [1.82, 2.24) is 15.8 Å². The molecule has 2 heterocycles. The summed E-state index contributed by atoms with van der Waals surface area (Å²) in [7, 11) is 1.76. The van der Waals surface area contributed by atoms with Crippen LogP contribution in [0.2, 0.25) is 0 Å². The maximum atomic E-state index is 13.2. The standard InChI is InChI=1S/C22H27N3O3.ClH/c1-27-20-18(24-21(26)19-15-7-3-5-9-17(15)25-28-19)14-6-2-4-8-16(14)22(20)10-12-23-13-11-22;/h2,4,6,8,18,20,23H,3,5,7,9-13H2,1H3,(H,24,26);1H/t18-,20+;/m1./s1. The minimum Gasteiger partial charge on any atom is -0.378 e. The van der Waals surface area contributed by atoms with Gasteiger partial charge in [0.1, 0.15) is 0 Å². The van der Waals surface area contributed by atoms with E-state index < -0.39 is 0 Å². The molecule has 2 aromatic rings. The molecule has 7 heteroatoms. The summed E-state index contributed by atoms with van der Waals surface area (Å²) >= 11 is 0. The molecule has 1 amide bonds. The minimum absolute atomic E-state index is 0. The van der Waals surface area contributed by atoms with Crippen molar-refractivity contribution in [2.24, 2.45) is 0 Å². The van der Waals surface area contributed by atoms with Gasteiger partial charge in [-0.1, -0.05) is 29.4 Å². The normalized spacial score (nSPS) is 24.4. The monoisotopic (exact) mass is 417 g/mol. The van der Waals surface area contributed by atoms with Crippen molar-refractivity contribution < 1.29 is 14.1 Å². The molecule has 0 unspecified atom stereocenters. The van der Waals surface area contributed by atoms with Gasteiger partial charge in [0.2, 0.25) is 5.76 Å². The third-order valence-electron chi connectivity index (χ3n) is 6.88. The Labute approximate surface area is 177 Å². The lowest BCUT2D eigenvalue weighted by atomic mass is 9.72. The van der Waals surface area contributed by atoms with Crippen LogP contribution in [0.1, 0.15) is 64.7 Å². The highest BCUT2D eigenvalue weighted by atomic mass is 35.5. The molecule has 156 valence electrons. The number of fused-ring (bicyclic) bond motifs is 3. The zero-order valence-electron chi connectivity index (χ0n) is 16.7. The molecule has 2 atom stereocenters. The molecule has 3 aliphatic rings. The molecule has 6 nitrogen and oxygen atoms in total. The topological polar surface area (TPSA) is 76.4 Å². The molecule has 1 aromatic carbocycles. The van der Waals surface area contributed by atoms with E-state index in [1.54, 1.807) is 7.11 Å². The van der Waals surface area contributed by atoms with Crippen LogP contribution in [0.25, 0.3) is 0 Å². The van der Waals surface area contributed by atoms with Crippen molar-refractivity contribution in [3.8, 4) is 0 Å². The largest absolute Gasteiger partial charge is 0.378 e. The van der Waals surface area contributed by atoms with Crippen LogP contribution in [0.3, 0.4) is 0 Å². The van der Waals surface area contributed by atoms with Crippen molar-refractivity contribution >= 4 is 18.3 Å². The van der Waals surface area contributed by atoms with Crippen LogP contribution in [0, 0.1) is 0 Å². The van der Waals surface area contributed by atoms with E-state index in [-0.39, 0.29) is 35.9 Å². The number of nitrogens with one attached hydrogen (secondary N) is 2. The number of aromatic nitrogens is 1. The first-order chi connectivity index (χ1) is 13.7. The summed E-state index contributed by atoms with van der Waals surface area (Å²) in [6, 6.07) is 8.28. The van der Waals surface area contributed by atoms with Crippen molar-refractivity contribution in [3.05, 3.63) is 52.4 Å². The number of piperidine rings is 1. The predicted octanol–water partition coefficient (Wildman–Crippen LogP) is 3.10. The number of amides is 1. The van der Waals surface area contributed by atoms with Gasteiger partial charge in [0, 0.05) is 18.1 Å². The van der Waals surface area contributed by atoms with Gasteiger partial charge in [-0.05, 0) is 62.7 Å². The Balaban J connectivity index is 0.00000205. The van der Waals surface area contributed by atoms with Crippen LogP contribution in [-0.4, -0.2) is 37.4 Å². The maximum absolute atomic E-state index is 13.2. The second-order valence-corrected chi connectivity index (χ2v) is 8.24. The Morgan fingerprint density at radius 1 is 1.24 bits per heavy atom. The molecule has 1 aliphatic heterocycles.